The lowest BCUT2D eigenvalue weighted by molar-refractivity contribution is 0.298. The van der Waals surface area contributed by atoms with Crippen LogP contribution in [0.2, 0.25) is 0 Å². The number of nitrogens with one attached hydrogen (secondary N) is 1. The van der Waals surface area contributed by atoms with E-state index in [0.29, 0.717) is 5.25 Å². The second kappa shape index (κ2) is 4.01. The van der Waals surface area contributed by atoms with E-state index < -0.39 is 0 Å². The summed E-state index contributed by atoms with van der Waals surface area (Å²) < 4.78 is 0. The molecule has 1 aliphatic carbocycles. The van der Waals surface area contributed by atoms with E-state index in [2.05, 4.69) is 5.32 Å². The second-order valence-corrected chi connectivity index (χ2v) is 4.88. The molecule has 1 aliphatic heterocycles. The van der Waals surface area contributed by atoms with Crippen molar-refractivity contribution >= 4 is 12.6 Å². The number of hydrogen-bond acceptors (Lipinski definition) is 2. The summed E-state index contributed by atoms with van der Waals surface area (Å²) in [5.74, 6) is 0.865. The lowest BCUT2D eigenvalue weighted by Gasteiger charge is -2.32. The van der Waals surface area contributed by atoms with E-state index in [0.717, 1.165) is 12.0 Å². The summed E-state index contributed by atoms with van der Waals surface area (Å²) >= 11 is 4.69. The standard InChI is InChI=1S/C10H19NS/c12-10-6-2-1-4-8(10)9-5-3-7-11-9/h8-12H,1-7H2. The van der Waals surface area contributed by atoms with Crippen molar-refractivity contribution in [1.82, 2.24) is 5.32 Å². The van der Waals surface area contributed by atoms with E-state index in [4.69, 9.17) is 12.6 Å². The third-order valence-electron chi connectivity index (χ3n) is 3.40. The molecule has 2 rings (SSSR count). The average Bonchev–Trinajstić information content (AvgIpc) is 2.57. The number of hydrogen-bond donors (Lipinski definition) is 2. The smallest absolute Gasteiger partial charge is 0.0106 e. The van der Waals surface area contributed by atoms with Gasteiger partial charge in [-0.15, -0.1) is 0 Å². The largest absolute Gasteiger partial charge is 0.314 e. The van der Waals surface area contributed by atoms with Crippen molar-refractivity contribution in [2.24, 2.45) is 5.92 Å². The van der Waals surface area contributed by atoms with Gasteiger partial charge in [-0.2, -0.15) is 12.6 Å². The van der Waals surface area contributed by atoms with Crippen LogP contribution in [-0.4, -0.2) is 17.8 Å². The predicted octanol–water partition coefficient (Wildman–Crippen LogP) is 2.23. The molecule has 0 aromatic rings. The van der Waals surface area contributed by atoms with Gasteiger partial charge < -0.3 is 5.32 Å². The molecule has 0 amide bonds. The zero-order chi connectivity index (χ0) is 8.39. The van der Waals surface area contributed by atoms with E-state index >= 15 is 0 Å². The first-order chi connectivity index (χ1) is 5.88. The summed E-state index contributed by atoms with van der Waals surface area (Å²) in [5.41, 5.74) is 0. The van der Waals surface area contributed by atoms with Crippen LogP contribution in [0.25, 0.3) is 0 Å². The van der Waals surface area contributed by atoms with Gasteiger partial charge in [-0.3, -0.25) is 0 Å². The molecule has 2 heteroatoms. The Labute approximate surface area is 80.7 Å². The van der Waals surface area contributed by atoms with Gasteiger partial charge in [0.25, 0.3) is 0 Å². The van der Waals surface area contributed by atoms with Crippen molar-refractivity contribution in [3.8, 4) is 0 Å². The van der Waals surface area contributed by atoms with Gasteiger partial charge >= 0.3 is 0 Å². The number of rotatable bonds is 1. The maximum Gasteiger partial charge on any atom is 0.0106 e. The van der Waals surface area contributed by atoms with Crippen LogP contribution in [0, 0.1) is 5.92 Å². The molecule has 0 bridgehead atoms. The van der Waals surface area contributed by atoms with Gasteiger partial charge in [0.1, 0.15) is 0 Å². The zero-order valence-electron chi connectivity index (χ0n) is 7.63. The summed E-state index contributed by atoms with van der Waals surface area (Å²) in [7, 11) is 0. The second-order valence-electron chi connectivity index (χ2n) is 4.22. The summed E-state index contributed by atoms with van der Waals surface area (Å²) in [5, 5.41) is 4.28. The Balaban J connectivity index is 1.91. The molecule has 0 aromatic heterocycles. The van der Waals surface area contributed by atoms with E-state index in [1.54, 1.807) is 0 Å². The third-order valence-corrected chi connectivity index (χ3v) is 4.04. The summed E-state index contributed by atoms with van der Waals surface area (Å²) in [4.78, 5) is 0. The number of thiol groups is 1. The Bertz CT molecular complexity index is 143. The van der Waals surface area contributed by atoms with E-state index in [1.807, 2.05) is 0 Å². The fraction of sp³-hybridized carbons (Fsp3) is 1.00. The van der Waals surface area contributed by atoms with Crippen LogP contribution in [0.5, 0.6) is 0 Å². The van der Waals surface area contributed by atoms with E-state index in [9.17, 15) is 0 Å². The molecule has 0 aromatic carbocycles. The summed E-state index contributed by atoms with van der Waals surface area (Å²) in [6, 6.07) is 0.799. The highest BCUT2D eigenvalue weighted by Crippen LogP contribution is 2.33. The van der Waals surface area contributed by atoms with Crippen molar-refractivity contribution in [2.75, 3.05) is 6.54 Å². The molecule has 1 saturated carbocycles. The van der Waals surface area contributed by atoms with Gasteiger partial charge in [-0.25, -0.2) is 0 Å². The highest BCUT2D eigenvalue weighted by atomic mass is 32.1. The van der Waals surface area contributed by atoms with Crippen LogP contribution in [0.4, 0.5) is 0 Å². The Kier molecular flexibility index (Phi) is 2.97. The van der Waals surface area contributed by atoms with Crippen LogP contribution >= 0.6 is 12.6 Å². The van der Waals surface area contributed by atoms with Crippen molar-refractivity contribution < 1.29 is 0 Å². The summed E-state index contributed by atoms with van der Waals surface area (Å²) in [6.07, 6.45) is 8.35. The Morgan fingerprint density at radius 3 is 2.50 bits per heavy atom. The fourth-order valence-corrected chi connectivity index (χ4v) is 3.23. The monoisotopic (exact) mass is 185 g/mol. The minimum atomic E-state index is 0.675. The topological polar surface area (TPSA) is 12.0 Å². The lowest BCUT2D eigenvalue weighted by atomic mass is 9.83. The van der Waals surface area contributed by atoms with E-state index in [1.165, 1.54) is 45.1 Å². The van der Waals surface area contributed by atoms with Gasteiger partial charge in [0, 0.05) is 11.3 Å². The maximum absolute atomic E-state index is 4.69. The fourth-order valence-electron chi connectivity index (χ4n) is 2.69. The molecule has 1 nitrogen and oxygen atoms in total. The van der Waals surface area contributed by atoms with Gasteiger partial charge in [0.15, 0.2) is 0 Å². The van der Waals surface area contributed by atoms with Crippen molar-refractivity contribution in [1.29, 1.82) is 0 Å². The van der Waals surface area contributed by atoms with Gasteiger partial charge in [-0.05, 0) is 38.1 Å². The molecule has 2 fully saturated rings. The van der Waals surface area contributed by atoms with Crippen LogP contribution in [0.1, 0.15) is 38.5 Å². The van der Waals surface area contributed by atoms with Crippen molar-refractivity contribution in [3.05, 3.63) is 0 Å². The van der Waals surface area contributed by atoms with Crippen LogP contribution in [-0.2, 0) is 0 Å². The average molecular weight is 185 g/mol. The van der Waals surface area contributed by atoms with Crippen molar-refractivity contribution in [2.45, 2.75) is 49.8 Å². The Morgan fingerprint density at radius 2 is 1.83 bits per heavy atom. The molecule has 1 heterocycles. The molecule has 0 spiro atoms. The molecule has 0 radical (unpaired) electrons. The van der Waals surface area contributed by atoms with E-state index in [-0.39, 0.29) is 0 Å². The highest BCUT2D eigenvalue weighted by molar-refractivity contribution is 7.81. The van der Waals surface area contributed by atoms with Crippen LogP contribution < -0.4 is 5.32 Å². The third kappa shape index (κ3) is 1.80. The molecular weight excluding hydrogens is 166 g/mol. The molecular formula is C10H19NS. The first-order valence-corrected chi connectivity index (χ1v) is 5.81. The minimum absolute atomic E-state index is 0.675. The van der Waals surface area contributed by atoms with Gasteiger partial charge in [0.05, 0.1) is 0 Å². The first-order valence-electron chi connectivity index (χ1n) is 5.29. The molecule has 1 saturated heterocycles. The van der Waals surface area contributed by atoms with Crippen LogP contribution in [0.3, 0.4) is 0 Å². The lowest BCUT2D eigenvalue weighted by Crippen LogP contribution is -2.37. The zero-order valence-corrected chi connectivity index (χ0v) is 8.52. The van der Waals surface area contributed by atoms with Crippen molar-refractivity contribution in [3.63, 3.8) is 0 Å². The Hall–Kier alpha value is 0.310. The molecule has 3 atom stereocenters. The predicted molar refractivity (Wildman–Crippen MR) is 55.8 cm³/mol. The first kappa shape index (κ1) is 8.89. The maximum atomic E-state index is 4.69. The normalized spacial score (nSPS) is 43.2. The molecule has 70 valence electrons. The minimum Gasteiger partial charge on any atom is -0.314 e. The molecule has 2 aliphatic rings. The molecule has 3 unspecified atom stereocenters. The van der Waals surface area contributed by atoms with Crippen LogP contribution in [0.15, 0.2) is 0 Å². The summed E-state index contributed by atoms with van der Waals surface area (Å²) in [6.45, 7) is 1.24. The van der Waals surface area contributed by atoms with Gasteiger partial charge in [0.2, 0.25) is 0 Å². The Morgan fingerprint density at radius 1 is 1.00 bits per heavy atom. The molecule has 12 heavy (non-hydrogen) atoms. The highest BCUT2D eigenvalue weighted by Gasteiger charge is 2.30. The SMILES string of the molecule is SC1CCCCC1C1CCCN1. The quantitative estimate of drug-likeness (QED) is 0.597. The molecule has 1 N–H and O–H groups in total. The van der Waals surface area contributed by atoms with Gasteiger partial charge in [-0.1, -0.05) is 12.8 Å².